The minimum Gasteiger partial charge on any atom is -0.472 e. The molecule has 0 atom stereocenters. The summed E-state index contributed by atoms with van der Waals surface area (Å²) in [5.74, 6) is 0. The molecule has 6 nitrogen and oxygen atoms in total. The number of hydrogen-bond donors (Lipinski definition) is 2. The molecule has 0 unspecified atom stereocenters. The predicted octanol–water partition coefficient (Wildman–Crippen LogP) is 4.21. The highest BCUT2D eigenvalue weighted by Gasteiger charge is 2.05. The number of pyridine rings is 2. The first kappa shape index (κ1) is 15.8. The van der Waals surface area contributed by atoms with Crippen molar-refractivity contribution in [3.63, 3.8) is 0 Å². The van der Waals surface area contributed by atoms with Crippen LogP contribution in [0.5, 0.6) is 0 Å². The van der Waals surface area contributed by atoms with Crippen molar-refractivity contribution in [3.8, 4) is 11.3 Å². The number of amides is 2. The van der Waals surface area contributed by atoms with Crippen LogP contribution >= 0.6 is 0 Å². The van der Waals surface area contributed by atoms with Gasteiger partial charge in [-0.3, -0.25) is 9.97 Å². The third kappa shape index (κ3) is 3.54. The smallest absolute Gasteiger partial charge is 0.319 e. The lowest BCUT2D eigenvalue weighted by atomic mass is 10.2. The highest BCUT2D eigenvalue weighted by Crippen LogP contribution is 2.18. The van der Waals surface area contributed by atoms with Gasteiger partial charge in [0, 0.05) is 35.6 Å². The van der Waals surface area contributed by atoms with E-state index < -0.39 is 0 Å². The number of urea groups is 1. The minimum absolute atomic E-state index is 0.271. The number of aromatic nitrogens is 2. The van der Waals surface area contributed by atoms with Gasteiger partial charge in [-0.2, -0.15) is 0 Å². The summed E-state index contributed by atoms with van der Waals surface area (Å²) >= 11 is 0. The average molecular weight is 344 g/mol. The third-order valence-corrected chi connectivity index (χ3v) is 3.96. The molecule has 26 heavy (non-hydrogen) atoms. The fourth-order valence-electron chi connectivity index (χ4n) is 2.62. The number of furan rings is 1. The third-order valence-electron chi connectivity index (χ3n) is 3.96. The Balaban J connectivity index is 1.35. The molecular weight excluding hydrogens is 328 g/mol. The fourth-order valence-corrected chi connectivity index (χ4v) is 2.62. The molecule has 0 radical (unpaired) electrons. The summed E-state index contributed by atoms with van der Waals surface area (Å²) in [6.45, 7) is 0.389. The Morgan fingerprint density at radius 3 is 2.85 bits per heavy atom. The summed E-state index contributed by atoms with van der Waals surface area (Å²) in [6.07, 6.45) is 6.74. The quantitative estimate of drug-likeness (QED) is 0.581. The Bertz CT molecular complexity index is 1030. The molecule has 3 heterocycles. The van der Waals surface area contributed by atoms with Crippen LogP contribution in [0.15, 0.2) is 77.9 Å². The summed E-state index contributed by atoms with van der Waals surface area (Å²) in [6, 6.07) is 14.8. The monoisotopic (exact) mass is 344 g/mol. The summed E-state index contributed by atoms with van der Waals surface area (Å²) < 4.78 is 5.05. The van der Waals surface area contributed by atoms with E-state index in [9.17, 15) is 4.79 Å². The van der Waals surface area contributed by atoms with Crippen molar-refractivity contribution in [2.75, 3.05) is 5.32 Å². The van der Waals surface area contributed by atoms with Crippen molar-refractivity contribution in [2.45, 2.75) is 6.54 Å². The van der Waals surface area contributed by atoms with Gasteiger partial charge < -0.3 is 15.1 Å². The molecule has 2 amide bonds. The number of rotatable bonds is 4. The van der Waals surface area contributed by atoms with E-state index in [1.54, 1.807) is 24.9 Å². The van der Waals surface area contributed by atoms with E-state index in [0.29, 0.717) is 6.54 Å². The van der Waals surface area contributed by atoms with Crippen LogP contribution in [0.3, 0.4) is 0 Å². The second-order valence-electron chi connectivity index (χ2n) is 5.78. The van der Waals surface area contributed by atoms with Crippen molar-refractivity contribution < 1.29 is 9.21 Å². The molecule has 4 aromatic rings. The van der Waals surface area contributed by atoms with Gasteiger partial charge in [-0.15, -0.1) is 0 Å². The number of nitrogens with one attached hydrogen (secondary N) is 2. The van der Waals surface area contributed by atoms with E-state index in [2.05, 4.69) is 20.6 Å². The number of anilines is 1. The summed E-state index contributed by atoms with van der Waals surface area (Å²) in [4.78, 5) is 20.7. The number of fused-ring (bicyclic) bond motifs is 1. The Kier molecular flexibility index (Phi) is 4.30. The summed E-state index contributed by atoms with van der Waals surface area (Å²) in [7, 11) is 0. The molecule has 1 aromatic carbocycles. The first-order valence-electron chi connectivity index (χ1n) is 8.15. The first-order chi connectivity index (χ1) is 12.8. The fraction of sp³-hybridized carbons (Fsp3) is 0.0500. The van der Waals surface area contributed by atoms with E-state index in [1.165, 1.54) is 0 Å². The van der Waals surface area contributed by atoms with Gasteiger partial charge in [0.1, 0.15) is 0 Å². The Morgan fingerprint density at radius 1 is 1.08 bits per heavy atom. The number of carbonyl (C=O) groups excluding carboxylic acids is 1. The molecule has 0 aliphatic carbocycles. The van der Waals surface area contributed by atoms with Gasteiger partial charge >= 0.3 is 6.03 Å². The van der Waals surface area contributed by atoms with Crippen molar-refractivity contribution >= 4 is 22.6 Å². The largest absolute Gasteiger partial charge is 0.472 e. The maximum atomic E-state index is 12.1. The first-order valence-corrected chi connectivity index (χ1v) is 8.15. The van der Waals surface area contributed by atoms with Crippen molar-refractivity contribution in [2.24, 2.45) is 0 Å². The Hall–Kier alpha value is -3.67. The highest BCUT2D eigenvalue weighted by atomic mass is 16.3. The molecule has 0 bridgehead atoms. The molecule has 3 aromatic heterocycles. The van der Waals surface area contributed by atoms with Gasteiger partial charge in [-0.1, -0.05) is 12.1 Å². The molecule has 0 saturated heterocycles. The minimum atomic E-state index is -0.271. The lowest BCUT2D eigenvalue weighted by molar-refractivity contribution is 0.251. The van der Waals surface area contributed by atoms with Gasteiger partial charge in [0.15, 0.2) is 0 Å². The van der Waals surface area contributed by atoms with Crippen LogP contribution in [0, 0.1) is 0 Å². The second kappa shape index (κ2) is 7.06. The normalized spacial score (nSPS) is 10.6. The number of carbonyl (C=O) groups is 1. The topological polar surface area (TPSA) is 80.0 Å². The van der Waals surface area contributed by atoms with Crippen molar-refractivity contribution in [1.82, 2.24) is 15.3 Å². The molecule has 6 heteroatoms. The maximum Gasteiger partial charge on any atom is 0.319 e. The molecule has 128 valence electrons. The van der Waals surface area contributed by atoms with Crippen molar-refractivity contribution in [1.29, 1.82) is 0 Å². The number of hydrogen-bond acceptors (Lipinski definition) is 4. The standard InChI is InChI=1S/C20H16N4O2/c25-20(24-17-4-6-18-15(10-17)2-1-8-21-18)23-12-14-3-5-19(22-11-14)16-7-9-26-13-16/h1-11,13H,12H2,(H2,23,24,25). The maximum absolute atomic E-state index is 12.1. The van der Waals surface area contributed by atoms with Crippen LogP contribution in [0.4, 0.5) is 10.5 Å². The molecule has 0 fully saturated rings. The zero-order valence-electron chi connectivity index (χ0n) is 13.8. The Labute approximate surface area is 149 Å². The van der Waals surface area contributed by atoms with Gasteiger partial charge in [-0.05, 0) is 42.0 Å². The molecule has 0 aliphatic rings. The van der Waals surface area contributed by atoms with Crippen LogP contribution in [0.2, 0.25) is 0 Å². The van der Waals surface area contributed by atoms with Crippen LogP contribution in [-0.2, 0) is 6.54 Å². The Morgan fingerprint density at radius 2 is 2.04 bits per heavy atom. The van der Waals surface area contributed by atoms with E-state index in [4.69, 9.17) is 4.42 Å². The molecular formula is C20H16N4O2. The average Bonchev–Trinajstić information content (AvgIpc) is 3.21. The molecule has 0 spiro atoms. The van der Waals surface area contributed by atoms with E-state index in [-0.39, 0.29) is 6.03 Å². The van der Waals surface area contributed by atoms with Crippen LogP contribution in [-0.4, -0.2) is 16.0 Å². The van der Waals surface area contributed by atoms with Crippen LogP contribution in [0.25, 0.3) is 22.2 Å². The lowest BCUT2D eigenvalue weighted by Crippen LogP contribution is -2.28. The van der Waals surface area contributed by atoms with Gasteiger partial charge in [-0.25, -0.2) is 4.79 Å². The second-order valence-corrected chi connectivity index (χ2v) is 5.78. The SMILES string of the molecule is O=C(NCc1ccc(-c2ccoc2)nc1)Nc1ccc2ncccc2c1. The molecule has 4 rings (SSSR count). The summed E-state index contributed by atoms with van der Waals surface area (Å²) in [5.41, 5.74) is 4.28. The van der Waals surface area contributed by atoms with E-state index in [1.807, 2.05) is 48.5 Å². The lowest BCUT2D eigenvalue weighted by Gasteiger charge is -2.08. The zero-order chi connectivity index (χ0) is 17.8. The number of nitrogens with zero attached hydrogens (tertiary/aromatic N) is 2. The van der Waals surface area contributed by atoms with Gasteiger partial charge in [0.05, 0.1) is 23.7 Å². The highest BCUT2D eigenvalue weighted by molar-refractivity contribution is 5.92. The molecule has 0 aliphatic heterocycles. The van der Waals surface area contributed by atoms with Gasteiger partial charge in [0.25, 0.3) is 0 Å². The summed E-state index contributed by atoms with van der Waals surface area (Å²) in [5, 5.41) is 6.63. The zero-order valence-corrected chi connectivity index (χ0v) is 13.8. The van der Waals surface area contributed by atoms with Crippen LogP contribution in [0.1, 0.15) is 5.56 Å². The van der Waals surface area contributed by atoms with Crippen molar-refractivity contribution in [3.05, 3.63) is 79.0 Å². The molecule has 2 N–H and O–H groups in total. The van der Waals surface area contributed by atoms with E-state index in [0.717, 1.165) is 33.4 Å². The number of benzene rings is 1. The van der Waals surface area contributed by atoms with E-state index >= 15 is 0 Å². The van der Waals surface area contributed by atoms with Gasteiger partial charge in [0.2, 0.25) is 0 Å². The predicted molar refractivity (Wildman–Crippen MR) is 99.5 cm³/mol. The molecule has 0 saturated carbocycles. The van der Waals surface area contributed by atoms with Crippen LogP contribution < -0.4 is 10.6 Å².